The lowest BCUT2D eigenvalue weighted by Crippen LogP contribution is -2.42. The summed E-state index contributed by atoms with van der Waals surface area (Å²) in [7, 11) is 0. The molecule has 0 saturated carbocycles. The summed E-state index contributed by atoms with van der Waals surface area (Å²) in [5, 5.41) is 13.0. The van der Waals surface area contributed by atoms with Crippen molar-refractivity contribution in [3.05, 3.63) is 28.7 Å². The molecule has 6 heteroatoms. The van der Waals surface area contributed by atoms with Gasteiger partial charge in [-0.15, -0.1) is 0 Å². The highest BCUT2D eigenvalue weighted by Crippen LogP contribution is 2.21. The monoisotopic (exact) mass is 264 g/mol. The van der Waals surface area contributed by atoms with Crippen LogP contribution in [0.4, 0.5) is 0 Å². The molecule has 2 rings (SSSR count). The van der Waals surface area contributed by atoms with Crippen LogP contribution in [0.1, 0.15) is 20.8 Å². The summed E-state index contributed by atoms with van der Waals surface area (Å²) in [5.74, 6) is 0.444. The molecule has 0 fully saturated rings. The van der Waals surface area contributed by atoms with E-state index in [0.717, 1.165) is 0 Å². The molecule has 1 atom stereocenters. The second kappa shape index (κ2) is 5.07. The number of imidazole rings is 1. The third kappa shape index (κ3) is 3.59. The molecule has 6 nitrogen and oxygen atoms in total. The van der Waals surface area contributed by atoms with Crippen molar-refractivity contribution in [3.8, 4) is 5.75 Å². The molecular formula is C13H19N3O3. The maximum absolute atomic E-state index is 11.2. The quantitative estimate of drug-likeness (QED) is 0.619. The third-order valence-electron chi connectivity index (χ3n) is 2.58. The minimum Gasteiger partial charge on any atom is -0.461 e. The number of fused-ring (bicyclic) bond motifs is 1. The summed E-state index contributed by atoms with van der Waals surface area (Å²) in [6.07, 6.45) is -0.983. The molecular weight excluding hydrogens is 245 g/mol. The molecule has 0 saturated heterocycles. The lowest BCUT2D eigenvalue weighted by Gasteiger charge is -2.23. The molecule has 0 bridgehead atoms. The van der Waals surface area contributed by atoms with Crippen LogP contribution in [0.3, 0.4) is 0 Å². The topological polar surface area (TPSA) is 90.1 Å². The van der Waals surface area contributed by atoms with Crippen LogP contribution in [-0.4, -0.2) is 33.4 Å². The van der Waals surface area contributed by atoms with Crippen LogP contribution in [-0.2, 0) is 0 Å². The second-order valence-electron chi connectivity index (χ2n) is 5.46. The van der Waals surface area contributed by atoms with E-state index in [1.807, 2.05) is 20.8 Å². The highest BCUT2D eigenvalue weighted by atomic mass is 16.6. The molecule has 0 spiro atoms. The highest BCUT2D eigenvalue weighted by Gasteiger charge is 2.14. The van der Waals surface area contributed by atoms with E-state index >= 15 is 0 Å². The molecule has 0 aliphatic heterocycles. The molecule has 104 valence electrons. The van der Waals surface area contributed by atoms with Gasteiger partial charge in [0.25, 0.3) is 0 Å². The molecule has 0 unspecified atom stereocenters. The summed E-state index contributed by atoms with van der Waals surface area (Å²) in [6, 6.07) is 5.22. The third-order valence-corrected chi connectivity index (χ3v) is 2.58. The van der Waals surface area contributed by atoms with Crippen LogP contribution in [0.15, 0.2) is 23.0 Å². The van der Waals surface area contributed by atoms with Gasteiger partial charge < -0.3 is 25.1 Å². The first-order valence-electron chi connectivity index (χ1n) is 6.16. The Balaban J connectivity index is 2.10. The van der Waals surface area contributed by atoms with E-state index in [1.165, 1.54) is 0 Å². The van der Waals surface area contributed by atoms with Gasteiger partial charge in [-0.2, -0.15) is 0 Å². The first-order valence-corrected chi connectivity index (χ1v) is 6.16. The van der Waals surface area contributed by atoms with Crippen LogP contribution in [0.25, 0.3) is 11.0 Å². The Morgan fingerprint density at radius 3 is 2.79 bits per heavy atom. The predicted octanol–water partition coefficient (Wildman–Crippen LogP) is 0.942. The number of rotatable bonds is 4. The van der Waals surface area contributed by atoms with Gasteiger partial charge in [0, 0.05) is 5.54 Å². The van der Waals surface area contributed by atoms with Gasteiger partial charge in [0.05, 0.1) is 12.1 Å². The summed E-state index contributed by atoms with van der Waals surface area (Å²) < 4.78 is 5.44. The Labute approximate surface area is 110 Å². The van der Waals surface area contributed by atoms with Crippen molar-refractivity contribution in [2.45, 2.75) is 32.6 Å². The SMILES string of the molecule is CC(C)(C)NC[C@H](O)Oc1cccc2[nH][11c](=O)[nH]c12. The van der Waals surface area contributed by atoms with Gasteiger partial charge in [-0.25, -0.2) is 4.79 Å². The first-order chi connectivity index (χ1) is 8.85. The van der Waals surface area contributed by atoms with Crippen LogP contribution in [0.2, 0.25) is 0 Å². The Bertz CT molecular complexity index is 609. The van der Waals surface area contributed by atoms with Gasteiger partial charge in [0.1, 0.15) is 11.3 Å². The van der Waals surface area contributed by atoms with Crippen LogP contribution >= 0.6 is 0 Å². The standard InChI is InChI=1S/C13H19N3O3/c1-13(2,3)14-7-10(17)19-9-6-4-5-8-11(9)16-12(18)15-8/h4-6,10,14,17H,7H2,1-3H3,(H2,15,16,18)/t10-/m1/s1/i12-1. The molecule has 4 N–H and O–H groups in total. The fourth-order valence-corrected chi connectivity index (χ4v) is 1.71. The Hall–Kier alpha value is -1.79. The normalized spacial score (nSPS) is 13.7. The van der Waals surface area contributed by atoms with Crippen molar-refractivity contribution >= 4 is 11.0 Å². The molecule has 0 amide bonds. The van der Waals surface area contributed by atoms with Crippen molar-refractivity contribution in [2.75, 3.05) is 6.54 Å². The number of H-pyrrole nitrogens is 2. The van der Waals surface area contributed by atoms with Gasteiger partial charge in [-0.3, -0.25) is 0 Å². The van der Waals surface area contributed by atoms with E-state index < -0.39 is 6.29 Å². The van der Waals surface area contributed by atoms with Gasteiger partial charge in [0.15, 0.2) is 0 Å². The highest BCUT2D eigenvalue weighted by molar-refractivity contribution is 5.80. The number of aromatic nitrogens is 2. The zero-order valence-corrected chi connectivity index (χ0v) is 11.3. The van der Waals surface area contributed by atoms with Crippen LogP contribution in [0, 0.1) is 0 Å². The van der Waals surface area contributed by atoms with Crippen molar-refractivity contribution in [2.24, 2.45) is 0 Å². The van der Waals surface area contributed by atoms with E-state index in [0.29, 0.717) is 23.3 Å². The number of ether oxygens (including phenoxy) is 1. The van der Waals surface area contributed by atoms with E-state index in [9.17, 15) is 9.90 Å². The van der Waals surface area contributed by atoms with E-state index in [1.54, 1.807) is 18.2 Å². The van der Waals surface area contributed by atoms with E-state index in [4.69, 9.17) is 4.74 Å². The molecule has 2 aromatic rings. The number of aromatic amines is 2. The number of β-amino-alcohol motifs (C(OH)–C–C–N with tert-alkyl or cyclic N) is 1. The average molecular weight is 264 g/mol. The van der Waals surface area contributed by atoms with E-state index in [-0.39, 0.29) is 11.2 Å². The number of aliphatic hydroxyl groups excluding tert-OH is 1. The first kappa shape index (κ1) is 13.6. The molecule has 0 aliphatic rings. The number of nitrogens with one attached hydrogen (secondary N) is 3. The number of para-hydroxylation sites is 1. The molecule has 0 radical (unpaired) electrons. The summed E-state index contributed by atoms with van der Waals surface area (Å²) in [5.41, 5.74) is 0.813. The number of benzene rings is 1. The van der Waals surface area contributed by atoms with Gasteiger partial charge in [-0.1, -0.05) is 6.07 Å². The Kier molecular flexibility index (Phi) is 3.64. The van der Waals surface area contributed by atoms with Crippen LogP contribution < -0.4 is 15.7 Å². The number of hydrogen-bond acceptors (Lipinski definition) is 4. The zero-order valence-electron chi connectivity index (χ0n) is 11.3. The van der Waals surface area contributed by atoms with Crippen molar-refractivity contribution in [3.63, 3.8) is 0 Å². The predicted molar refractivity (Wildman–Crippen MR) is 73.3 cm³/mol. The Morgan fingerprint density at radius 2 is 2.11 bits per heavy atom. The van der Waals surface area contributed by atoms with Crippen molar-refractivity contribution in [1.29, 1.82) is 0 Å². The lowest BCUT2D eigenvalue weighted by atomic mass is 10.1. The second-order valence-corrected chi connectivity index (χ2v) is 5.46. The minimum atomic E-state index is -0.983. The fourth-order valence-electron chi connectivity index (χ4n) is 1.71. The number of hydrogen-bond donors (Lipinski definition) is 4. The van der Waals surface area contributed by atoms with Crippen molar-refractivity contribution in [1.82, 2.24) is 15.3 Å². The van der Waals surface area contributed by atoms with Gasteiger partial charge in [-0.05, 0) is 32.9 Å². The largest absolute Gasteiger partial charge is 0.461 e. The molecule has 1 heterocycles. The van der Waals surface area contributed by atoms with E-state index in [2.05, 4.69) is 15.3 Å². The average Bonchev–Trinajstić information content (AvgIpc) is 2.67. The minimum absolute atomic E-state index is 0.0985. The maximum Gasteiger partial charge on any atom is 0.323 e. The lowest BCUT2D eigenvalue weighted by molar-refractivity contribution is -0.0181. The van der Waals surface area contributed by atoms with Gasteiger partial charge >= 0.3 is 5.69 Å². The molecule has 1 aromatic carbocycles. The number of aliphatic hydroxyl groups is 1. The summed E-state index contributed by atoms with van der Waals surface area (Å²) in [4.78, 5) is 16.5. The molecule has 0 aliphatic carbocycles. The smallest absolute Gasteiger partial charge is 0.323 e. The molecule has 19 heavy (non-hydrogen) atoms. The fraction of sp³-hybridized carbons (Fsp3) is 0.462. The summed E-state index contributed by atoms with van der Waals surface area (Å²) in [6.45, 7) is 6.31. The van der Waals surface area contributed by atoms with Crippen LogP contribution in [0.5, 0.6) is 5.75 Å². The summed E-state index contributed by atoms with van der Waals surface area (Å²) >= 11 is 0. The van der Waals surface area contributed by atoms with Gasteiger partial charge in [0.2, 0.25) is 6.29 Å². The Morgan fingerprint density at radius 1 is 1.37 bits per heavy atom. The zero-order chi connectivity index (χ0) is 14.0. The maximum atomic E-state index is 11.2. The van der Waals surface area contributed by atoms with Crippen molar-refractivity contribution < 1.29 is 9.84 Å². The molecule has 1 aromatic heterocycles.